The topological polar surface area (TPSA) is 69.6 Å². The van der Waals surface area contributed by atoms with E-state index in [9.17, 15) is 15.0 Å². The van der Waals surface area contributed by atoms with Gasteiger partial charge in [-0.05, 0) is 12.8 Å². The fourth-order valence-electron chi connectivity index (χ4n) is 4.36. The molecule has 0 aliphatic heterocycles. The van der Waals surface area contributed by atoms with Gasteiger partial charge in [0.05, 0.1) is 18.8 Å². The Morgan fingerprint density at radius 1 is 0.625 bits per heavy atom. The Labute approximate surface area is 200 Å². The lowest BCUT2D eigenvalue weighted by molar-refractivity contribution is -0.123. The monoisotopic (exact) mass is 455 g/mol. The number of unbranched alkanes of at least 4 members (excludes halogenated alkanes) is 18. The number of nitrogens with one attached hydrogen (secondary N) is 1. The van der Waals surface area contributed by atoms with E-state index in [0.717, 1.165) is 25.7 Å². The summed E-state index contributed by atoms with van der Waals surface area (Å²) in [4.78, 5) is 12.2. The molecule has 2 unspecified atom stereocenters. The molecule has 0 fully saturated rings. The Bertz CT molecular complexity index is 389. The summed E-state index contributed by atoms with van der Waals surface area (Å²) in [7, 11) is 0. The summed E-state index contributed by atoms with van der Waals surface area (Å²) in [5.74, 6) is -0.0360. The molecule has 192 valence electrons. The van der Waals surface area contributed by atoms with Crippen molar-refractivity contribution in [1.29, 1.82) is 0 Å². The zero-order chi connectivity index (χ0) is 23.7. The zero-order valence-electron chi connectivity index (χ0n) is 21.7. The van der Waals surface area contributed by atoms with Gasteiger partial charge in [0.1, 0.15) is 0 Å². The number of aliphatic hydroxyl groups excluding tert-OH is 2. The highest BCUT2D eigenvalue weighted by Gasteiger charge is 2.19. The van der Waals surface area contributed by atoms with Gasteiger partial charge in [0, 0.05) is 6.42 Å². The third-order valence-electron chi connectivity index (χ3n) is 6.62. The summed E-state index contributed by atoms with van der Waals surface area (Å²) in [6.07, 6.45) is 25.7. The molecule has 0 aliphatic rings. The van der Waals surface area contributed by atoms with Crippen molar-refractivity contribution in [3.05, 3.63) is 0 Å². The highest BCUT2D eigenvalue weighted by molar-refractivity contribution is 5.76. The SMILES string of the molecule is CCCCCCCCCCCCCCC(=O)NC(CO)C(O)CCCCCCCCCC. The minimum atomic E-state index is -0.647. The van der Waals surface area contributed by atoms with Gasteiger partial charge in [-0.15, -0.1) is 0 Å². The molecular weight excluding hydrogens is 398 g/mol. The molecule has 0 bridgehead atoms. The first-order valence-electron chi connectivity index (χ1n) is 14.2. The molecule has 1 amide bonds. The standard InChI is InChI=1S/C28H57NO3/c1-3-5-7-9-11-13-14-15-16-18-20-22-24-28(32)29-26(25-30)27(31)23-21-19-17-12-10-8-6-4-2/h26-27,30-31H,3-25H2,1-2H3,(H,29,32). The quantitative estimate of drug-likeness (QED) is 0.125. The fourth-order valence-corrected chi connectivity index (χ4v) is 4.36. The van der Waals surface area contributed by atoms with Gasteiger partial charge < -0.3 is 15.5 Å². The van der Waals surface area contributed by atoms with E-state index < -0.39 is 12.1 Å². The summed E-state index contributed by atoms with van der Waals surface area (Å²) in [5.41, 5.74) is 0. The summed E-state index contributed by atoms with van der Waals surface area (Å²) >= 11 is 0. The van der Waals surface area contributed by atoms with Crippen LogP contribution in [0.25, 0.3) is 0 Å². The van der Waals surface area contributed by atoms with Gasteiger partial charge in [-0.3, -0.25) is 4.79 Å². The number of carbonyl (C=O) groups excluding carboxylic acids is 1. The Morgan fingerprint density at radius 3 is 1.41 bits per heavy atom. The third-order valence-corrected chi connectivity index (χ3v) is 6.62. The molecule has 0 aliphatic carbocycles. The number of hydrogen-bond donors (Lipinski definition) is 3. The van der Waals surface area contributed by atoms with Gasteiger partial charge >= 0.3 is 0 Å². The van der Waals surface area contributed by atoms with Crippen LogP contribution in [0.4, 0.5) is 0 Å². The van der Waals surface area contributed by atoms with Crippen molar-refractivity contribution in [1.82, 2.24) is 5.32 Å². The van der Waals surface area contributed by atoms with E-state index in [1.54, 1.807) is 0 Å². The van der Waals surface area contributed by atoms with E-state index in [2.05, 4.69) is 19.2 Å². The van der Waals surface area contributed by atoms with Crippen LogP contribution in [0.15, 0.2) is 0 Å². The van der Waals surface area contributed by atoms with Gasteiger partial charge in [0.2, 0.25) is 5.91 Å². The normalized spacial score (nSPS) is 13.2. The number of carbonyl (C=O) groups is 1. The lowest BCUT2D eigenvalue weighted by Gasteiger charge is -2.22. The van der Waals surface area contributed by atoms with Crippen molar-refractivity contribution >= 4 is 5.91 Å². The van der Waals surface area contributed by atoms with E-state index >= 15 is 0 Å². The summed E-state index contributed by atoms with van der Waals surface area (Å²) in [6, 6.07) is -0.524. The predicted molar refractivity (Wildman–Crippen MR) is 138 cm³/mol. The van der Waals surface area contributed by atoms with Gasteiger partial charge in [-0.2, -0.15) is 0 Å². The first kappa shape index (κ1) is 31.4. The van der Waals surface area contributed by atoms with E-state index in [1.807, 2.05) is 0 Å². The molecule has 0 heterocycles. The largest absolute Gasteiger partial charge is 0.394 e. The first-order chi connectivity index (χ1) is 15.7. The second kappa shape index (κ2) is 25.0. The maximum Gasteiger partial charge on any atom is 0.220 e. The lowest BCUT2D eigenvalue weighted by atomic mass is 10.0. The molecule has 0 radical (unpaired) electrons. The number of amides is 1. The molecule has 0 saturated carbocycles. The highest BCUT2D eigenvalue weighted by atomic mass is 16.3. The van der Waals surface area contributed by atoms with Crippen molar-refractivity contribution in [2.24, 2.45) is 0 Å². The smallest absolute Gasteiger partial charge is 0.220 e. The zero-order valence-corrected chi connectivity index (χ0v) is 21.7. The molecule has 0 rings (SSSR count). The molecular formula is C28H57NO3. The molecule has 4 heteroatoms. The number of aliphatic hydroxyl groups is 2. The number of rotatable bonds is 25. The average molecular weight is 456 g/mol. The Hall–Kier alpha value is -0.610. The van der Waals surface area contributed by atoms with E-state index in [4.69, 9.17) is 0 Å². The highest BCUT2D eigenvalue weighted by Crippen LogP contribution is 2.14. The van der Waals surface area contributed by atoms with Crippen LogP contribution >= 0.6 is 0 Å². The van der Waals surface area contributed by atoms with E-state index in [0.29, 0.717) is 12.8 Å². The second-order valence-electron chi connectivity index (χ2n) is 9.83. The first-order valence-corrected chi connectivity index (χ1v) is 14.2. The van der Waals surface area contributed by atoms with Crippen molar-refractivity contribution in [2.45, 2.75) is 167 Å². The molecule has 0 aromatic heterocycles. The van der Waals surface area contributed by atoms with Crippen LogP contribution in [0.3, 0.4) is 0 Å². The van der Waals surface area contributed by atoms with Gasteiger partial charge in [0.25, 0.3) is 0 Å². The lowest BCUT2D eigenvalue weighted by Crippen LogP contribution is -2.45. The van der Waals surface area contributed by atoms with E-state index in [-0.39, 0.29) is 12.5 Å². The summed E-state index contributed by atoms with van der Waals surface area (Å²) in [5, 5.41) is 22.7. The molecule has 0 spiro atoms. The molecule has 0 aromatic rings. The van der Waals surface area contributed by atoms with Crippen molar-refractivity contribution in [3.63, 3.8) is 0 Å². The summed E-state index contributed by atoms with van der Waals surface area (Å²) < 4.78 is 0. The van der Waals surface area contributed by atoms with Crippen LogP contribution < -0.4 is 5.32 Å². The van der Waals surface area contributed by atoms with Crippen molar-refractivity contribution in [3.8, 4) is 0 Å². The van der Waals surface area contributed by atoms with Crippen LogP contribution in [0, 0.1) is 0 Å². The molecule has 3 N–H and O–H groups in total. The molecule has 4 nitrogen and oxygen atoms in total. The minimum absolute atomic E-state index is 0.0360. The number of hydrogen-bond acceptors (Lipinski definition) is 3. The van der Waals surface area contributed by atoms with Crippen LogP contribution in [-0.2, 0) is 4.79 Å². The molecule has 32 heavy (non-hydrogen) atoms. The Kier molecular flexibility index (Phi) is 24.5. The molecule has 0 aromatic carbocycles. The minimum Gasteiger partial charge on any atom is -0.394 e. The Morgan fingerprint density at radius 2 is 1.00 bits per heavy atom. The van der Waals surface area contributed by atoms with E-state index in [1.165, 1.54) is 103 Å². The van der Waals surface area contributed by atoms with Crippen LogP contribution in [-0.4, -0.2) is 34.9 Å². The fraction of sp³-hybridized carbons (Fsp3) is 0.964. The van der Waals surface area contributed by atoms with Crippen molar-refractivity contribution < 1.29 is 15.0 Å². The average Bonchev–Trinajstić information content (AvgIpc) is 2.79. The van der Waals surface area contributed by atoms with Crippen LogP contribution in [0.5, 0.6) is 0 Å². The Balaban J connectivity index is 3.60. The van der Waals surface area contributed by atoms with Crippen molar-refractivity contribution in [2.75, 3.05) is 6.61 Å². The predicted octanol–water partition coefficient (Wildman–Crippen LogP) is 7.45. The molecule has 0 saturated heterocycles. The van der Waals surface area contributed by atoms with Crippen LogP contribution in [0.2, 0.25) is 0 Å². The van der Waals surface area contributed by atoms with Gasteiger partial charge in [-0.25, -0.2) is 0 Å². The molecule has 2 atom stereocenters. The van der Waals surface area contributed by atoms with Gasteiger partial charge in [-0.1, -0.05) is 136 Å². The third kappa shape index (κ3) is 21.2. The van der Waals surface area contributed by atoms with Gasteiger partial charge in [0.15, 0.2) is 0 Å². The maximum absolute atomic E-state index is 12.2. The van der Waals surface area contributed by atoms with Crippen LogP contribution in [0.1, 0.15) is 155 Å². The second-order valence-corrected chi connectivity index (χ2v) is 9.83. The maximum atomic E-state index is 12.2. The summed E-state index contributed by atoms with van der Waals surface area (Å²) in [6.45, 7) is 4.30.